The van der Waals surface area contributed by atoms with Gasteiger partial charge in [-0.25, -0.2) is 0 Å². The fraction of sp³-hybridized carbons (Fsp3) is 1.00. The Balaban J connectivity index is 1.76. The molecule has 2 nitrogen and oxygen atoms in total. The molecule has 76 valence electrons. The number of fused-ring (bicyclic) bond motifs is 1. The second-order valence-corrected chi connectivity index (χ2v) is 4.66. The Morgan fingerprint density at radius 3 is 3.00 bits per heavy atom. The average molecular weight is 200 g/mol. The first-order chi connectivity index (χ1) is 6.40. The van der Waals surface area contributed by atoms with E-state index in [1.165, 1.54) is 52.0 Å². The molecule has 0 bridgehead atoms. The van der Waals surface area contributed by atoms with Gasteiger partial charge < -0.3 is 4.90 Å². The number of thiol groups is 1. The minimum atomic E-state index is 0.883. The Kier molecular flexibility index (Phi) is 3.52. The van der Waals surface area contributed by atoms with Crippen LogP contribution in [0.5, 0.6) is 0 Å². The van der Waals surface area contributed by atoms with Crippen molar-refractivity contribution in [1.29, 1.82) is 0 Å². The second kappa shape index (κ2) is 4.67. The maximum absolute atomic E-state index is 4.26. The maximum Gasteiger partial charge on any atom is 0.0224 e. The van der Waals surface area contributed by atoms with Crippen molar-refractivity contribution in [2.75, 3.05) is 38.5 Å². The Labute approximate surface area is 86.7 Å². The van der Waals surface area contributed by atoms with Crippen molar-refractivity contribution in [2.45, 2.75) is 25.3 Å². The van der Waals surface area contributed by atoms with E-state index in [9.17, 15) is 0 Å². The van der Waals surface area contributed by atoms with Crippen molar-refractivity contribution >= 4 is 12.6 Å². The van der Waals surface area contributed by atoms with Gasteiger partial charge in [-0.3, -0.25) is 4.90 Å². The van der Waals surface area contributed by atoms with E-state index >= 15 is 0 Å². The summed E-state index contributed by atoms with van der Waals surface area (Å²) >= 11 is 4.26. The van der Waals surface area contributed by atoms with E-state index in [0.29, 0.717) is 0 Å². The summed E-state index contributed by atoms with van der Waals surface area (Å²) in [6.07, 6.45) is 4.10. The lowest BCUT2D eigenvalue weighted by Crippen LogP contribution is -2.50. The molecule has 2 heterocycles. The van der Waals surface area contributed by atoms with Crippen molar-refractivity contribution in [3.63, 3.8) is 0 Å². The van der Waals surface area contributed by atoms with Crippen LogP contribution in [0.3, 0.4) is 0 Å². The van der Waals surface area contributed by atoms with E-state index in [1.54, 1.807) is 0 Å². The Morgan fingerprint density at radius 1 is 1.23 bits per heavy atom. The Morgan fingerprint density at radius 2 is 2.15 bits per heavy atom. The van der Waals surface area contributed by atoms with Gasteiger partial charge in [-0.1, -0.05) is 0 Å². The molecule has 13 heavy (non-hydrogen) atoms. The summed E-state index contributed by atoms with van der Waals surface area (Å²) in [6.45, 7) is 6.51. The molecule has 0 aromatic carbocycles. The third-order valence-electron chi connectivity index (χ3n) is 3.30. The zero-order valence-electron chi connectivity index (χ0n) is 8.28. The molecule has 2 rings (SSSR count). The van der Waals surface area contributed by atoms with Gasteiger partial charge in [-0.2, -0.15) is 12.6 Å². The summed E-state index contributed by atoms with van der Waals surface area (Å²) in [5.74, 6) is 1.03. The van der Waals surface area contributed by atoms with Crippen molar-refractivity contribution in [1.82, 2.24) is 9.80 Å². The minimum Gasteiger partial charge on any atom is -0.300 e. The van der Waals surface area contributed by atoms with Crippen molar-refractivity contribution in [2.24, 2.45) is 0 Å². The highest BCUT2D eigenvalue weighted by molar-refractivity contribution is 7.80. The molecule has 0 radical (unpaired) electrons. The van der Waals surface area contributed by atoms with Gasteiger partial charge in [-0.15, -0.1) is 0 Å². The smallest absolute Gasteiger partial charge is 0.0224 e. The molecule has 0 N–H and O–H groups in total. The van der Waals surface area contributed by atoms with Crippen molar-refractivity contribution in [3.05, 3.63) is 0 Å². The predicted octanol–water partition coefficient (Wildman–Crippen LogP) is 1.09. The largest absolute Gasteiger partial charge is 0.300 e. The minimum absolute atomic E-state index is 0.883. The monoisotopic (exact) mass is 200 g/mol. The van der Waals surface area contributed by atoms with Gasteiger partial charge >= 0.3 is 0 Å². The summed E-state index contributed by atoms with van der Waals surface area (Å²) in [5.41, 5.74) is 0. The van der Waals surface area contributed by atoms with Crippen LogP contribution in [0, 0.1) is 0 Å². The number of nitrogens with zero attached hydrogens (tertiary/aromatic N) is 2. The van der Waals surface area contributed by atoms with Gasteiger partial charge in [0.15, 0.2) is 0 Å². The molecule has 3 heteroatoms. The molecule has 2 aliphatic heterocycles. The lowest BCUT2D eigenvalue weighted by Gasteiger charge is -2.37. The molecule has 0 amide bonds. The molecular weight excluding hydrogens is 180 g/mol. The number of hydrogen-bond acceptors (Lipinski definition) is 3. The van der Waals surface area contributed by atoms with Crippen LogP contribution in [0.1, 0.15) is 19.3 Å². The van der Waals surface area contributed by atoms with Crippen LogP contribution in [0.15, 0.2) is 0 Å². The Bertz CT molecular complexity index is 163. The van der Waals surface area contributed by atoms with E-state index in [0.717, 1.165) is 11.8 Å². The highest BCUT2D eigenvalue weighted by atomic mass is 32.1. The third-order valence-corrected chi connectivity index (χ3v) is 3.62. The third kappa shape index (κ3) is 2.39. The zero-order chi connectivity index (χ0) is 9.10. The summed E-state index contributed by atoms with van der Waals surface area (Å²) in [4.78, 5) is 5.28. The van der Waals surface area contributed by atoms with E-state index in [-0.39, 0.29) is 0 Å². The number of rotatable bonds is 3. The zero-order valence-corrected chi connectivity index (χ0v) is 9.18. The Hall–Kier alpha value is 0.270. The summed E-state index contributed by atoms with van der Waals surface area (Å²) in [5, 5.41) is 0. The normalized spacial score (nSPS) is 30.7. The van der Waals surface area contributed by atoms with Gasteiger partial charge in [0.25, 0.3) is 0 Å². The quantitative estimate of drug-likeness (QED) is 0.681. The molecule has 2 aliphatic rings. The van der Waals surface area contributed by atoms with E-state index in [2.05, 4.69) is 22.4 Å². The van der Waals surface area contributed by atoms with E-state index in [4.69, 9.17) is 0 Å². The highest BCUT2D eigenvalue weighted by Crippen LogP contribution is 2.21. The van der Waals surface area contributed by atoms with Crippen LogP contribution >= 0.6 is 12.6 Å². The number of hydrogen-bond donors (Lipinski definition) is 1. The molecule has 0 aromatic rings. The molecular formula is C10H20N2S. The lowest BCUT2D eigenvalue weighted by atomic mass is 10.1. The van der Waals surface area contributed by atoms with Crippen LogP contribution < -0.4 is 0 Å². The van der Waals surface area contributed by atoms with Gasteiger partial charge in [0.2, 0.25) is 0 Å². The molecule has 2 fully saturated rings. The first-order valence-electron chi connectivity index (χ1n) is 5.47. The van der Waals surface area contributed by atoms with Gasteiger partial charge in [0, 0.05) is 25.7 Å². The molecule has 1 unspecified atom stereocenters. The standard InChI is InChI=1S/C10H20N2S/c13-8-2-4-11-6-7-12-5-1-3-10(12)9-11/h10,13H,1-9H2. The fourth-order valence-corrected chi connectivity index (χ4v) is 2.69. The topological polar surface area (TPSA) is 6.48 Å². The molecule has 0 aliphatic carbocycles. The molecule has 0 saturated carbocycles. The average Bonchev–Trinajstić information content (AvgIpc) is 2.61. The maximum atomic E-state index is 4.26. The van der Waals surface area contributed by atoms with Crippen LogP contribution in [0.25, 0.3) is 0 Å². The first-order valence-corrected chi connectivity index (χ1v) is 6.10. The highest BCUT2D eigenvalue weighted by Gasteiger charge is 2.29. The molecule has 2 saturated heterocycles. The molecule has 1 atom stereocenters. The van der Waals surface area contributed by atoms with Crippen LogP contribution in [-0.4, -0.2) is 54.3 Å². The second-order valence-electron chi connectivity index (χ2n) is 4.21. The van der Waals surface area contributed by atoms with E-state index < -0.39 is 0 Å². The van der Waals surface area contributed by atoms with Crippen LogP contribution in [0.4, 0.5) is 0 Å². The van der Waals surface area contributed by atoms with Gasteiger partial charge in [0.1, 0.15) is 0 Å². The fourth-order valence-electron chi connectivity index (χ4n) is 2.55. The summed E-state index contributed by atoms with van der Waals surface area (Å²) in [7, 11) is 0. The van der Waals surface area contributed by atoms with Crippen molar-refractivity contribution < 1.29 is 0 Å². The van der Waals surface area contributed by atoms with Crippen molar-refractivity contribution in [3.8, 4) is 0 Å². The SMILES string of the molecule is SCCCN1CCN2CCCC2C1. The summed E-state index contributed by atoms with van der Waals surface area (Å²) in [6, 6.07) is 0.883. The first kappa shape index (κ1) is 9.81. The van der Waals surface area contributed by atoms with Crippen LogP contribution in [0.2, 0.25) is 0 Å². The van der Waals surface area contributed by atoms with Gasteiger partial charge in [-0.05, 0) is 38.1 Å². The van der Waals surface area contributed by atoms with E-state index in [1.807, 2.05) is 0 Å². The molecule has 0 aromatic heterocycles. The predicted molar refractivity (Wildman–Crippen MR) is 59.5 cm³/mol. The summed E-state index contributed by atoms with van der Waals surface area (Å²) < 4.78 is 0. The van der Waals surface area contributed by atoms with Crippen LogP contribution in [-0.2, 0) is 0 Å². The lowest BCUT2D eigenvalue weighted by molar-refractivity contribution is 0.105. The molecule has 0 spiro atoms. The van der Waals surface area contributed by atoms with Gasteiger partial charge in [0.05, 0.1) is 0 Å². The number of piperazine rings is 1.